The van der Waals surface area contributed by atoms with Crippen LogP contribution in [0.3, 0.4) is 0 Å². The van der Waals surface area contributed by atoms with E-state index in [0.717, 1.165) is 15.4 Å². The van der Waals surface area contributed by atoms with Crippen molar-refractivity contribution in [3.63, 3.8) is 0 Å². The lowest BCUT2D eigenvalue weighted by Crippen LogP contribution is -2.18. The number of allylic oxidation sites excluding steroid dienone is 2. The van der Waals surface area contributed by atoms with Crippen molar-refractivity contribution in [3.05, 3.63) is 54.6 Å². The van der Waals surface area contributed by atoms with E-state index in [-0.39, 0.29) is 30.2 Å². The number of nitriles is 2. The van der Waals surface area contributed by atoms with Gasteiger partial charge in [-0.3, -0.25) is 4.68 Å². The maximum Gasteiger partial charge on any atom is 0.161 e. The Morgan fingerprint density at radius 1 is 0.815 bits per heavy atom. The van der Waals surface area contributed by atoms with Crippen molar-refractivity contribution in [2.75, 3.05) is 39.9 Å². The van der Waals surface area contributed by atoms with Crippen LogP contribution in [0, 0.1) is 34.5 Å². The summed E-state index contributed by atoms with van der Waals surface area (Å²) in [7, 11) is 5.81. The van der Waals surface area contributed by atoms with E-state index in [9.17, 15) is 10.5 Å². The van der Waals surface area contributed by atoms with E-state index in [1.54, 1.807) is 6.07 Å². The van der Waals surface area contributed by atoms with Gasteiger partial charge in [-0.05, 0) is 31.4 Å². The third kappa shape index (κ3) is 9.64. The summed E-state index contributed by atoms with van der Waals surface area (Å²) < 4.78 is 154. The minimum absolute atomic E-state index is 0.152. The van der Waals surface area contributed by atoms with Crippen molar-refractivity contribution >= 4 is 17.3 Å². The highest BCUT2D eigenvalue weighted by Crippen LogP contribution is 2.37. The van der Waals surface area contributed by atoms with Crippen LogP contribution in [-0.4, -0.2) is 80.5 Å². The number of ether oxygens (including phenoxy) is 4. The SMILES string of the molecule is [2H]C1([2H])C(/C(=C/C#N)n2cc(-c3ncnc(N)c3CC(OC)OC)cn2)C([2H])([2H])C([2H])([2H])C1([2H])[2H].[2H]C1([2H])C([C@@H](CC#N)n2cc(-c3ncnc(N)c3CC(OC)OC)cn2)C([2H])([2H])C([2H])([2H])C1([2H])[2H]. The van der Waals surface area contributed by atoms with Gasteiger partial charge < -0.3 is 30.4 Å². The highest BCUT2D eigenvalue weighted by Gasteiger charge is 2.28. The molecule has 6 rings (SSSR count). The number of rotatable bonds is 15. The lowest BCUT2D eigenvalue weighted by atomic mass is 9.96. The summed E-state index contributed by atoms with van der Waals surface area (Å²) in [5.41, 5.74) is 14.1. The first-order chi connectivity index (χ1) is 32.4. The van der Waals surface area contributed by atoms with Crippen LogP contribution >= 0.6 is 0 Å². The molecule has 2 saturated carbocycles. The Balaban J connectivity index is 0.000000261. The number of nitrogen functional groups attached to an aromatic ring is 2. The zero-order valence-corrected chi connectivity index (χ0v) is 29.8. The molecule has 16 heteroatoms. The maximum absolute atomic E-state index is 9.43. The fourth-order valence-corrected chi connectivity index (χ4v) is 5.50. The van der Waals surface area contributed by atoms with Crippen molar-refractivity contribution in [2.24, 2.45) is 11.8 Å². The number of hydrogen-bond acceptors (Lipinski definition) is 14. The van der Waals surface area contributed by atoms with Gasteiger partial charge in [0, 0.05) is 110 Å². The Morgan fingerprint density at radius 3 is 1.85 bits per heavy atom. The van der Waals surface area contributed by atoms with Gasteiger partial charge >= 0.3 is 0 Å². The largest absolute Gasteiger partial charge is 0.383 e. The van der Waals surface area contributed by atoms with Crippen LogP contribution in [-0.2, 0) is 31.8 Å². The van der Waals surface area contributed by atoms with Gasteiger partial charge in [-0.1, -0.05) is 25.5 Å². The third-order valence-corrected chi connectivity index (χ3v) is 8.29. The van der Waals surface area contributed by atoms with Crippen molar-refractivity contribution in [2.45, 2.75) is 88.9 Å². The molecule has 2 aliphatic rings. The summed E-state index contributed by atoms with van der Waals surface area (Å²) in [5.74, 6) is -3.55. The molecule has 2 fully saturated rings. The third-order valence-electron chi connectivity index (χ3n) is 8.29. The standard InChI is InChI=1S/C19H26N6O2.C19H24N6O2/c2*1-26-17(27-2)9-15-18(22-12-23-19(15)21)14-10-24-25(11-14)16(7-8-20)13-5-3-4-6-13/h10-13,16-17H,3-7,9H2,1-2H3,(H2,21,22,23);7,10-13,17H,3-6,9H2,1-2H3,(H2,21,22,23)/b;16-7-/t16-;/m1./s1/i2*3D2,4D2,5D2,6D2. The van der Waals surface area contributed by atoms with Gasteiger partial charge in [0.25, 0.3) is 0 Å². The smallest absolute Gasteiger partial charge is 0.161 e. The molecule has 0 bridgehead atoms. The minimum atomic E-state index is -3.21. The molecule has 4 aromatic heterocycles. The first kappa shape index (κ1) is 23.5. The normalized spacial score (nSPS) is 27.5. The van der Waals surface area contributed by atoms with Gasteiger partial charge in [-0.25, -0.2) is 24.6 Å². The van der Waals surface area contributed by atoms with Crippen LogP contribution in [0.15, 0.2) is 43.5 Å². The van der Waals surface area contributed by atoms with Crippen LogP contribution in [0.2, 0.25) is 0 Å². The molecule has 0 amide bonds. The quantitative estimate of drug-likeness (QED) is 0.115. The van der Waals surface area contributed by atoms with Crippen molar-refractivity contribution < 1.29 is 40.9 Å². The number of nitrogens with two attached hydrogens (primary N) is 2. The van der Waals surface area contributed by atoms with Gasteiger partial charge in [0.1, 0.15) is 24.3 Å². The Morgan fingerprint density at radius 2 is 1.33 bits per heavy atom. The molecule has 0 aromatic carbocycles. The Bertz CT molecular complexity index is 2590. The number of aromatic nitrogens is 8. The second-order valence-corrected chi connectivity index (χ2v) is 11.4. The highest BCUT2D eigenvalue weighted by molar-refractivity contribution is 5.68. The molecular formula is C38H50N12O4. The molecule has 1 atom stereocenters. The summed E-state index contributed by atoms with van der Waals surface area (Å²) >= 11 is 0. The topological polar surface area (TPSA) is 224 Å². The second-order valence-electron chi connectivity index (χ2n) is 11.4. The van der Waals surface area contributed by atoms with Gasteiger partial charge in [-0.2, -0.15) is 20.7 Å². The lowest BCUT2D eigenvalue weighted by molar-refractivity contribution is -0.100. The van der Waals surface area contributed by atoms with Crippen LogP contribution in [0.4, 0.5) is 11.6 Å². The fourth-order valence-electron chi connectivity index (χ4n) is 5.50. The molecule has 0 unspecified atom stereocenters. The molecule has 16 nitrogen and oxygen atoms in total. The summed E-state index contributed by atoms with van der Waals surface area (Å²) in [6.07, 6.45) is -17.3. The number of nitrogens with zero attached hydrogens (tertiary/aromatic N) is 10. The van der Waals surface area contributed by atoms with Crippen molar-refractivity contribution in [1.29, 1.82) is 10.5 Å². The number of hydrogen-bond donors (Lipinski definition) is 2. The van der Waals surface area contributed by atoms with E-state index in [2.05, 4.69) is 30.1 Å². The van der Waals surface area contributed by atoms with Crippen LogP contribution in [0.5, 0.6) is 0 Å². The van der Waals surface area contributed by atoms with Crippen LogP contribution in [0.25, 0.3) is 28.2 Å². The number of anilines is 2. The van der Waals surface area contributed by atoms with Crippen molar-refractivity contribution in [1.82, 2.24) is 39.5 Å². The zero-order valence-electron chi connectivity index (χ0n) is 45.8. The Kier molecular flexibility index (Phi) is 8.58. The molecule has 0 aliphatic heterocycles. The molecule has 4 N–H and O–H groups in total. The van der Waals surface area contributed by atoms with Gasteiger partial charge in [0.05, 0.1) is 54.1 Å². The second kappa shape index (κ2) is 19.7. The molecule has 4 heterocycles. The van der Waals surface area contributed by atoms with E-state index in [0.29, 0.717) is 33.6 Å². The highest BCUT2D eigenvalue weighted by atomic mass is 16.7. The van der Waals surface area contributed by atoms with Gasteiger partial charge in [0.2, 0.25) is 0 Å². The predicted octanol–water partition coefficient (Wildman–Crippen LogP) is 5.37. The van der Waals surface area contributed by atoms with Crippen molar-refractivity contribution in [3.8, 4) is 34.7 Å². The first-order valence-corrected chi connectivity index (χ1v) is 16.2. The first-order valence-electron chi connectivity index (χ1n) is 24.2. The average Bonchev–Trinajstić information content (AvgIpc) is 4.01. The summed E-state index contributed by atoms with van der Waals surface area (Å²) in [6.45, 7) is 0. The molecule has 54 heavy (non-hydrogen) atoms. The fraction of sp³-hybridized carbons (Fsp3) is 0.526. The van der Waals surface area contributed by atoms with E-state index in [4.69, 9.17) is 52.3 Å². The minimum Gasteiger partial charge on any atom is -0.383 e. The Labute approximate surface area is 338 Å². The molecule has 4 aromatic rings. The monoisotopic (exact) mass is 755 g/mol. The van der Waals surface area contributed by atoms with E-state index in [1.165, 1.54) is 65.9 Å². The average molecular weight is 755 g/mol. The molecular weight excluding hydrogens is 688 g/mol. The lowest BCUT2D eigenvalue weighted by Gasteiger charge is -2.21. The molecule has 286 valence electrons. The maximum atomic E-state index is 9.43. The van der Waals surface area contributed by atoms with Gasteiger partial charge in [-0.15, -0.1) is 0 Å². The van der Waals surface area contributed by atoms with E-state index >= 15 is 0 Å². The summed E-state index contributed by atoms with van der Waals surface area (Å²) in [5, 5.41) is 27.1. The van der Waals surface area contributed by atoms with Crippen LogP contribution in [0.1, 0.15) is 96.5 Å². The van der Waals surface area contributed by atoms with Crippen LogP contribution < -0.4 is 11.5 Å². The summed E-state index contributed by atoms with van der Waals surface area (Å²) in [4.78, 5) is 16.5. The summed E-state index contributed by atoms with van der Waals surface area (Å²) in [6, 6.07) is 2.25. The van der Waals surface area contributed by atoms with E-state index in [1.807, 2.05) is 6.07 Å². The molecule has 0 spiro atoms. The van der Waals surface area contributed by atoms with E-state index < -0.39 is 87.9 Å². The Hall–Kier alpha value is -5.26. The zero-order chi connectivity index (χ0) is 52.8. The predicted molar refractivity (Wildman–Crippen MR) is 201 cm³/mol. The molecule has 0 radical (unpaired) electrons. The molecule has 2 aliphatic carbocycles. The number of methoxy groups -OCH3 is 4. The molecule has 0 saturated heterocycles. The van der Waals surface area contributed by atoms with Gasteiger partial charge in [0.15, 0.2) is 12.6 Å².